The third-order valence-electron chi connectivity index (χ3n) is 9.76. The minimum Gasteiger partial charge on any atom is -0.395 e. The summed E-state index contributed by atoms with van der Waals surface area (Å²) in [6.45, 7) is 6.26. The summed E-state index contributed by atoms with van der Waals surface area (Å²) in [6, 6.07) is 2.14. The van der Waals surface area contributed by atoms with E-state index in [9.17, 15) is 0 Å². The van der Waals surface area contributed by atoms with Crippen LogP contribution >= 0.6 is 0 Å². The van der Waals surface area contributed by atoms with Crippen LogP contribution in [0, 0.1) is 39.9 Å². The quantitative estimate of drug-likeness (QED) is 0.292. The molecule has 0 unspecified atom stereocenters. The summed E-state index contributed by atoms with van der Waals surface area (Å²) < 4.78 is 12.3. The highest BCUT2D eigenvalue weighted by molar-refractivity contribution is 5.92. The first kappa shape index (κ1) is 22.4. The molecule has 5 rings (SSSR count). The van der Waals surface area contributed by atoms with Gasteiger partial charge in [0.15, 0.2) is 6.29 Å². The van der Waals surface area contributed by atoms with Gasteiger partial charge in [-0.15, -0.1) is 0 Å². The first-order chi connectivity index (χ1) is 15.5. The highest BCUT2D eigenvalue weighted by Crippen LogP contribution is 2.64. The van der Waals surface area contributed by atoms with Gasteiger partial charge in [0, 0.05) is 12.0 Å². The topological polar surface area (TPSA) is 63.8 Å². The van der Waals surface area contributed by atoms with Crippen molar-refractivity contribution in [2.45, 2.75) is 103 Å². The largest absolute Gasteiger partial charge is 0.395 e. The maximum Gasteiger partial charge on any atom is 0.157 e. The molecule has 32 heavy (non-hydrogen) atoms. The summed E-state index contributed by atoms with van der Waals surface area (Å²) in [7, 11) is 0. The van der Waals surface area contributed by atoms with Crippen LogP contribution in [-0.2, 0) is 14.3 Å². The van der Waals surface area contributed by atoms with Crippen LogP contribution < -0.4 is 0 Å². The predicted molar refractivity (Wildman–Crippen MR) is 124 cm³/mol. The zero-order valence-electron chi connectivity index (χ0n) is 20.0. The van der Waals surface area contributed by atoms with E-state index in [0.29, 0.717) is 30.5 Å². The zero-order valence-corrected chi connectivity index (χ0v) is 20.0. The maximum atomic E-state index is 8.75. The molecular weight excluding hydrogens is 400 g/mol. The molecule has 7 atom stereocenters. The van der Waals surface area contributed by atoms with E-state index < -0.39 is 0 Å². The van der Waals surface area contributed by atoms with Gasteiger partial charge in [0.25, 0.3) is 0 Å². The Labute approximate surface area is 193 Å². The second-order valence-electron chi connectivity index (χ2n) is 11.3. The molecule has 0 N–H and O–H groups in total. The van der Waals surface area contributed by atoms with Crippen LogP contribution in [0.25, 0.3) is 0 Å². The van der Waals surface area contributed by atoms with Gasteiger partial charge in [-0.05, 0) is 93.8 Å². The average molecular weight is 441 g/mol. The van der Waals surface area contributed by atoms with E-state index in [1.54, 1.807) is 5.57 Å². The fraction of sp³-hybridized carbons (Fsp3) is 0.852. The lowest BCUT2D eigenvalue weighted by molar-refractivity contribution is -0.195. The highest BCUT2D eigenvalue weighted by Gasteiger charge is 2.58. The Kier molecular flexibility index (Phi) is 6.38. The molecule has 1 saturated heterocycles. The molecule has 0 amide bonds. The summed E-state index contributed by atoms with van der Waals surface area (Å²) in [4.78, 5) is 5.52. The molecule has 3 saturated carbocycles. The number of allylic oxidation sites excluding steroid dienone is 1. The van der Waals surface area contributed by atoms with Crippen LogP contribution in [-0.4, -0.2) is 31.3 Å². The van der Waals surface area contributed by atoms with E-state index in [1.807, 2.05) is 0 Å². The van der Waals surface area contributed by atoms with Gasteiger partial charge in [-0.3, -0.25) is 0 Å². The summed E-state index contributed by atoms with van der Waals surface area (Å²) in [5.74, 6) is 2.25. The molecule has 5 heteroatoms. The van der Waals surface area contributed by atoms with Gasteiger partial charge in [-0.25, -0.2) is 0 Å². The highest BCUT2D eigenvalue weighted by atomic mass is 16.7. The van der Waals surface area contributed by atoms with Crippen molar-refractivity contribution in [1.82, 2.24) is 0 Å². The Morgan fingerprint density at radius 2 is 1.97 bits per heavy atom. The minimum absolute atomic E-state index is 0.0250. The lowest BCUT2D eigenvalue weighted by Gasteiger charge is -2.57. The third kappa shape index (κ3) is 3.92. The Hall–Kier alpha value is -1.38. The van der Waals surface area contributed by atoms with Gasteiger partial charge in [0.2, 0.25) is 0 Å². The molecule has 176 valence electrons. The van der Waals surface area contributed by atoms with Crippen LogP contribution in [0.15, 0.2) is 16.8 Å². The summed E-state index contributed by atoms with van der Waals surface area (Å²) in [6.07, 6.45) is 16.4. The van der Waals surface area contributed by atoms with Crippen molar-refractivity contribution in [2.75, 3.05) is 13.2 Å². The molecule has 0 bridgehead atoms. The van der Waals surface area contributed by atoms with Crippen molar-refractivity contribution in [3.8, 4) is 6.07 Å². The second-order valence-corrected chi connectivity index (χ2v) is 11.3. The lowest BCUT2D eigenvalue weighted by Crippen LogP contribution is -2.50. The molecule has 0 aromatic heterocycles. The molecule has 5 aliphatic rings. The van der Waals surface area contributed by atoms with Gasteiger partial charge < -0.3 is 14.3 Å². The first-order valence-electron chi connectivity index (χ1n) is 13.1. The van der Waals surface area contributed by atoms with Crippen LogP contribution in [0.5, 0.6) is 0 Å². The Bertz CT molecular complexity index is 795. The van der Waals surface area contributed by atoms with Crippen LogP contribution in [0.4, 0.5) is 0 Å². The average Bonchev–Trinajstić information content (AvgIpc) is 3.14. The van der Waals surface area contributed by atoms with Gasteiger partial charge in [-0.1, -0.05) is 30.7 Å². The first-order valence-corrected chi connectivity index (χ1v) is 13.1. The smallest absolute Gasteiger partial charge is 0.157 e. The molecule has 0 aromatic carbocycles. The molecule has 1 heterocycles. The lowest BCUT2D eigenvalue weighted by atomic mass is 9.48. The summed E-state index contributed by atoms with van der Waals surface area (Å²) >= 11 is 0. The Morgan fingerprint density at radius 1 is 1.12 bits per heavy atom. The number of hydrogen-bond acceptors (Lipinski definition) is 5. The molecule has 0 spiro atoms. The fourth-order valence-electron chi connectivity index (χ4n) is 7.93. The van der Waals surface area contributed by atoms with Crippen LogP contribution in [0.3, 0.4) is 0 Å². The van der Waals surface area contributed by atoms with Crippen LogP contribution in [0.2, 0.25) is 0 Å². The van der Waals surface area contributed by atoms with E-state index in [-0.39, 0.29) is 11.7 Å². The number of fused-ring (bicyclic) bond motifs is 5. The molecule has 4 fully saturated rings. The number of nitriles is 1. The van der Waals surface area contributed by atoms with Crippen molar-refractivity contribution in [2.24, 2.45) is 33.7 Å². The second kappa shape index (κ2) is 9.11. The van der Waals surface area contributed by atoms with Crippen molar-refractivity contribution in [3.05, 3.63) is 11.6 Å². The maximum absolute atomic E-state index is 8.75. The fourth-order valence-corrected chi connectivity index (χ4v) is 7.93. The standard InChI is InChI=1S/C27H40N2O3/c1-26-13-11-20(32-25-6-3-4-16-30-25)18-19(26)7-8-21-22-9-10-24(29-31-17-5-15-28)27(22,2)14-12-23(21)26/h7,20-23,25H,3-6,8-14,16-18H2,1-2H3/b29-24-/t20-,21-,22-,23-,25+,26-,27-/m0/s1. The Balaban J connectivity index is 1.27. The van der Waals surface area contributed by atoms with Crippen LogP contribution in [0.1, 0.15) is 90.9 Å². The number of rotatable bonds is 5. The SMILES string of the molecule is C[C@]12CC[C@H](O[C@@H]3CCCCO3)CC1=CC[C@@H]1[C@@H]2CC[C@]2(C)/C(=N\OCCC#N)CC[C@@H]12. The number of ether oxygens (including phenoxy) is 2. The van der Waals surface area contributed by atoms with Gasteiger partial charge in [0.05, 0.1) is 24.3 Å². The number of hydrogen-bond donors (Lipinski definition) is 0. The molecule has 0 aromatic rings. The monoisotopic (exact) mass is 440 g/mol. The normalized spacial score (nSPS) is 44.7. The minimum atomic E-state index is 0.0250. The summed E-state index contributed by atoms with van der Waals surface area (Å²) in [5, 5.41) is 13.3. The molecule has 5 nitrogen and oxygen atoms in total. The third-order valence-corrected chi connectivity index (χ3v) is 9.76. The van der Waals surface area contributed by atoms with Crippen molar-refractivity contribution < 1.29 is 14.3 Å². The van der Waals surface area contributed by atoms with E-state index in [0.717, 1.165) is 44.1 Å². The van der Waals surface area contributed by atoms with Gasteiger partial charge >= 0.3 is 0 Å². The molecule has 4 aliphatic carbocycles. The van der Waals surface area contributed by atoms with Crippen molar-refractivity contribution in [3.63, 3.8) is 0 Å². The van der Waals surface area contributed by atoms with Crippen molar-refractivity contribution >= 4 is 5.71 Å². The molecule has 1 aliphatic heterocycles. The summed E-state index contributed by atoms with van der Waals surface area (Å²) in [5.41, 5.74) is 3.43. The number of oxime groups is 1. The molecular formula is C27H40N2O3. The van der Waals surface area contributed by atoms with Crippen molar-refractivity contribution in [1.29, 1.82) is 5.26 Å². The van der Waals surface area contributed by atoms with E-state index in [4.69, 9.17) is 19.6 Å². The van der Waals surface area contributed by atoms with Gasteiger partial charge in [-0.2, -0.15) is 5.26 Å². The zero-order chi connectivity index (χ0) is 22.2. The Morgan fingerprint density at radius 3 is 2.78 bits per heavy atom. The molecule has 0 radical (unpaired) electrons. The van der Waals surface area contributed by atoms with E-state index in [1.165, 1.54) is 50.7 Å². The number of nitrogens with zero attached hydrogens (tertiary/aromatic N) is 2. The van der Waals surface area contributed by atoms with Gasteiger partial charge in [0.1, 0.15) is 6.61 Å². The predicted octanol–water partition coefficient (Wildman–Crippen LogP) is 6.15. The van der Waals surface area contributed by atoms with E-state index >= 15 is 0 Å². The van der Waals surface area contributed by atoms with E-state index in [2.05, 4.69) is 31.1 Å².